The van der Waals surface area contributed by atoms with Gasteiger partial charge in [-0.15, -0.1) is 0 Å². The summed E-state index contributed by atoms with van der Waals surface area (Å²) in [6, 6.07) is 12.6. The van der Waals surface area contributed by atoms with Crippen molar-refractivity contribution in [2.24, 2.45) is 0 Å². The standard InChI is InChI=1S/C23H27ClO8/c24-18-6-3-14(21-19(26)20(27)22(28)23(29,12-25)32-21)10-15(18)9-13-1-4-16(5-2-13)31-17-7-8-30-11-17/h1-6,10,17,19-22,25-29H,7-9,11-12H2/t17?,19-,20-,21+,22+,23-/m1/s1. The molecule has 2 aromatic rings. The molecule has 1 unspecified atom stereocenters. The molecule has 0 saturated carbocycles. The van der Waals surface area contributed by atoms with E-state index in [2.05, 4.69) is 0 Å². The molecule has 2 saturated heterocycles. The summed E-state index contributed by atoms with van der Waals surface area (Å²) in [6.07, 6.45) is -4.83. The number of halogens is 1. The Bertz CT molecular complexity index is 917. The Labute approximate surface area is 190 Å². The van der Waals surface area contributed by atoms with Crippen LogP contribution >= 0.6 is 11.6 Å². The van der Waals surface area contributed by atoms with Gasteiger partial charge >= 0.3 is 0 Å². The van der Waals surface area contributed by atoms with Crippen molar-refractivity contribution in [1.29, 1.82) is 0 Å². The summed E-state index contributed by atoms with van der Waals surface area (Å²) in [4.78, 5) is 0. The van der Waals surface area contributed by atoms with Gasteiger partial charge < -0.3 is 39.7 Å². The van der Waals surface area contributed by atoms with Crippen LogP contribution in [0.25, 0.3) is 0 Å². The van der Waals surface area contributed by atoms with Crippen LogP contribution in [0.3, 0.4) is 0 Å². The number of aliphatic hydroxyl groups excluding tert-OH is 4. The molecule has 0 amide bonds. The highest BCUT2D eigenvalue weighted by atomic mass is 35.5. The Morgan fingerprint density at radius 1 is 1.06 bits per heavy atom. The summed E-state index contributed by atoms with van der Waals surface area (Å²) in [5, 5.41) is 50.7. The highest BCUT2D eigenvalue weighted by Crippen LogP contribution is 2.38. The van der Waals surface area contributed by atoms with Crippen molar-refractivity contribution in [1.82, 2.24) is 0 Å². The normalized spacial score (nSPS) is 32.8. The number of aliphatic hydroxyl groups is 5. The van der Waals surface area contributed by atoms with E-state index in [-0.39, 0.29) is 6.10 Å². The van der Waals surface area contributed by atoms with E-state index in [9.17, 15) is 25.5 Å². The van der Waals surface area contributed by atoms with Gasteiger partial charge in [-0.05, 0) is 41.3 Å². The van der Waals surface area contributed by atoms with Crippen molar-refractivity contribution >= 4 is 11.6 Å². The minimum atomic E-state index is -2.40. The van der Waals surface area contributed by atoms with Gasteiger partial charge in [0, 0.05) is 11.4 Å². The zero-order chi connectivity index (χ0) is 22.9. The van der Waals surface area contributed by atoms with Gasteiger partial charge in [0.25, 0.3) is 0 Å². The Hall–Kier alpha value is -1.75. The molecule has 0 aliphatic carbocycles. The average molecular weight is 467 g/mol. The summed E-state index contributed by atoms with van der Waals surface area (Å²) in [5.74, 6) is -1.64. The molecular weight excluding hydrogens is 440 g/mol. The molecule has 4 rings (SSSR count). The molecule has 32 heavy (non-hydrogen) atoms. The van der Waals surface area contributed by atoms with Gasteiger partial charge in [-0.1, -0.05) is 35.9 Å². The first-order valence-corrected chi connectivity index (χ1v) is 10.9. The minimum Gasteiger partial charge on any atom is -0.488 e. The first-order valence-electron chi connectivity index (χ1n) is 10.5. The van der Waals surface area contributed by atoms with Crippen LogP contribution in [-0.2, 0) is 15.9 Å². The van der Waals surface area contributed by atoms with E-state index < -0.39 is 36.8 Å². The first-order chi connectivity index (χ1) is 15.3. The Morgan fingerprint density at radius 3 is 2.47 bits per heavy atom. The number of benzene rings is 2. The second-order valence-corrected chi connectivity index (χ2v) is 8.65. The molecule has 174 valence electrons. The number of rotatable bonds is 6. The third-order valence-corrected chi connectivity index (χ3v) is 6.28. The van der Waals surface area contributed by atoms with E-state index in [4.69, 9.17) is 25.8 Å². The van der Waals surface area contributed by atoms with E-state index in [0.29, 0.717) is 30.2 Å². The molecule has 2 aliphatic rings. The molecule has 2 aromatic carbocycles. The molecule has 6 atom stereocenters. The van der Waals surface area contributed by atoms with Crippen molar-refractivity contribution in [3.05, 3.63) is 64.2 Å². The maximum absolute atomic E-state index is 10.4. The van der Waals surface area contributed by atoms with E-state index in [1.54, 1.807) is 18.2 Å². The predicted octanol–water partition coefficient (Wildman–Crippen LogP) is 0.933. The SMILES string of the molecule is OC[C@@]1(O)O[C@@H](c2ccc(Cl)c(Cc3ccc(OC4CCOC4)cc3)c2)[C@H](O)[C@@H](O)[C@@H]1O. The van der Waals surface area contributed by atoms with E-state index in [0.717, 1.165) is 23.3 Å². The van der Waals surface area contributed by atoms with Crippen LogP contribution in [0, 0.1) is 0 Å². The third-order valence-electron chi connectivity index (χ3n) is 5.91. The molecule has 5 N–H and O–H groups in total. The summed E-state index contributed by atoms with van der Waals surface area (Å²) in [5.41, 5.74) is 2.16. The molecule has 0 spiro atoms. The highest BCUT2D eigenvalue weighted by molar-refractivity contribution is 6.31. The van der Waals surface area contributed by atoms with Crippen molar-refractivity contribution < 1.29 is 39.7 Å². The summed E-state index contributed by atoms with van der Waals surface area (Å²) in [7, 11) is 0. The monoisotopic (exact) mass is 466 g/mol. The molecule has 2 heterocycles. The van der Waals surface area contributed by atoms with E-state index in [1.807, 2.05) is 24.3 Å². The van der Waals surface area contributed by atoms with E-state index >= 15 is 0 Å². The lowest BCUT2D eigenvalue weighted by atomic mass is 9.88. The van der Waals surface area contributed by atoms with Gasteiger partial charge in [0.1, 0.15) is 36.3 Å². The molecule has 8 nitrogen and oxygen atoms in total. The highest BCUT2D eigenvalue weighted by Gasteiger charge is 2.52. The van der Waals surface area contributed by atoms with E-state index in [1.165, 1.54) is 0 Å². The lowest BCUT2D eigenvalue weighted by Crippen LogP contribution is -2.63. The van der Waals surface area contributed by atoms with Crippen LogP contribution in [-0.4, -0.2) is 75.6 Å². The lowest BCUT2D eigenvalue weighted by Gasteiger charge is -2.45. The van der Waals surface area contributed by atoms with Crippen LogP contribution in [0.15, 0.2) is 42.5 Å². The van der Waals surface area contributed by atoms with Gasteiger partial charge in [-0.3, -0.25) is 0 Å². The third kappa shape index (κ3) is 4.78. The van der Waals surface area contributed by atoms with Crippen molar-refractivity contribution in [2.45, 2.75) is 49.1 Å². The second kappa shape index (κ2) is 9.62. The fourth-order valence-corrected chi connectivity index (χ4v) is 4.18. The van der Waals surface area contributed by atoms with Crippen LogP contribution in [0.5, 0.6) is 5.75 Å². The van der Waals surface area contributed by atoms with Gasteiger partial charge in [-0.25, -0.2) is 0 Å². The summed E-state index contributed by atoms with van der Waals surface area (Å²) in [6.45, 7) is 0.357. The number of ether oxygens (including phenoxy) is 3. The molecule has 0 radical (unpaired) electrons. The molecule has 2 fully saturated rings. The molecule has 0 aromatic heterocycles. The Balaban J connectivity index is 1.51. The summed E-state index contributed by atoms with van der Waals surface area (Å²) < 4.78 is 16.6. The zero-order valence-corrected chi connectivity index (χ0v) is 18.1. The maximum Gasteiger partial charge on any atom is 0.219 e. The van der Waals surface area contributed by atoms with Crippen LogP contribution in [0.2, 0.25) is 5.02 Å². The largest absolute Gasteiger partial charge is 0.488 e. The van der Waals surface area contributed by atoms with Crippen LogP contribution in [0.4, 0.5) is 0 Å². The lowest BCUT2D eigenvalue weighted by molar-refractivity contribution is -0.357. The van der Waals surface area contributed by atoms with Gasteiger partial charge in [0.05, 0.1) is 19.8 Å². The number of hydrogen-bond donors (Lipinski definition) is 5. The van der Waals surface area contributed by atoms with Crippen molar-refractivity contribution in [3.63, 3.8) is 0 Å². The fraction of sp³-hybridized carbons (Fsp3) is 0.478. The maximum atomic E-state index is 10.4. The quantitative estimate of drug-likeness (QED) is 0.425. The predicted molar refractivity (Wildman–Crippen MR) is 114 cm³/mol. The van der Waals surface area contributed by atoms with Gasteiger partial charge in [-0.2, -0.15) is 0 Å². The fourth-order valence-electron chi connectivity index (χ4n) is 4.00. The minimum absolute atomic E-state index is 0.0698. The Morgan fingerprint density at radius 2 is 1.81 bits per heavy atom. The van der Waals surface area contributed by atoms with Crippen LogP contribution in [0.1, 0.15) is 29.2 Å². The topological polar surface area (TPSA) is 129 Å². The summed E-state index contributed by atoms with van der Waals surface area (Å²) >= 11 is 6.38. The van der Waals surface area contributed by atoms with Crippen LogP contribution < -0.4 is 4.74 Å². The Kier molecular flexibility index (Phi) is 7.04. The molecule has 2 aliphatic heterocycles. The number of hydrogen-bond acceptors (Lipinski definition) is 8. The first kappa shape index (κ1) is 23.4. The van der Waals surface area contributed by atoms with Gasteiger partial charge in [0.15, 0.2) is 0 Å². The smallest absolute Gasteiger partial charge is 0.219 e. The molecule has 9 heteroatoms. The molecule has 0 bridgehead atoms. The van der Waals surface area contributed by atoms with Crippen molar-refractivity contribution in [2.75, 3.05) is 19.8 Å². The average Bonchev–Trinajstić information content (AvgIpc) is 3.31. The molecular formula is C23H27ClO8. The van der Waals surface area contributed by atoms with Crippen molar-refractivity contribution in [3.8, 4) is 5.75 Å². The second-order valence-electron chi connectivity index (χ2n) is 8.24. The zero-order valence-electron chi connectivity index (χ0n) is 17.3. The van der Waals surface area contributed by atoms with Gasteiger partial charge in [0.2, 0.25) is 5.79 Å².